The summed E-state index contributed by atoms with van der Waals surface area (Å²) in [6, 6.07) is 6.63. The van der Waals surface area contributed by atoms with Crippen molar-refractivity contribution >= 4 is 48.6 Å². The van der Waals surface area contributed by atoms with Gasteiger partial charge >= 0.3 is 119 Å². The van der Waals surface area contributed by atoms with Crippen LogP contribution in [0.4, 0.5) is 13.2 Å². The normalized spacial score (nSPS) is 13.2. The number of alkyl halides is 3. The van der Waals surface area contributed by atoms with E-state index in [0.717, 1.165) is 22.5 Å². The van der Waals surface area contributed by atoms with Crippen LogP contribution in [0.3, 0.4) is 0 Å². The summed E-state index contributed by atoms with van der Waals surface area (Å²) in [5.41, 5.74) is 0.614. The molecule has 0 fully saturated rings. The van der Waals surface area contributed by atoms with Crippen molar-refractivity contribution in [2.24, 2.45) is 0 Å². The molecule has 0 bridgehead atoms. The summed E-state index contributed by atoms with van der Waals surface area (Å²) in [6.07, 6.45) is -4.21. The molecule has 4 radical (unpaired) electrons. The molecule has 0 spiro atoms. The molecule has 1 nitrogen and oxygen atoms in total. The Bertz CT molecular complexity index is 396. The Hall–Kier alpha value is 0.147. The molecule has 0 aliphatic rings. The fourth-order valence-electron chi connectivity index (χ4n) is 1.04. The Kier molecular flexibility index (Phi) is 5.03. The number of halogens is 3. The van der Waals surface area contributed by atoms with E-state index in [1.165, 1.54) is 7.11 Å². The van der Waals surface area contributed by atoms with Crippen LogP contribution in [0.25, 0.3) is 3.59 Å². The molecule has 0 heterocycles. The number of methoxy groups -OCH3 is 1. The van der Waals surface area contributed by atoms with Gasteiger partial charge in [-0.3, -0.25) is 0 Å². The SMILES string of the molecule is COc1ccc(/[C]([Sn+])=[C](/[Sn+])C(F)(F)F)cc1. The quantitative estimate of drug-likeness (QED) is 0.645. The van der Waals surface area contributed by atoms with E-state index < -0.39 is 9.77 Å². The molecule has 0 aliphatic heterocycles. The van der Waals surface area contributed by atoms with Crippen molar-refractivity contribution in [3.63, 3.8) is 0 Å². The van der Waals surface area contributed by atoms with Crippen LogP contribution < -0.4 is 4.74 Å². The van der Waals surface area contributed by atoms with E-state index in [2.05, 4.69) is 0 Å². The molecule has 1 aromatic carbocycles. The molecular weight excluding hydrogens is 431 g/mol. The summed E-state index contributed by atoms with van der Waals surface area (Å²) >= 11 is 1.17. The van der Waals surface area contributed by atoms with Gasteiger partial charge in [0.1, 0.15) is 0 Å². The van der Waals surface area contributed by atoms with E-state index in [0.29, 0.717) is 37.4 Å². The Balaban J connectivity index is 3.09. The molecule has 0 N–H and O–H groups in total. The average molecular weight is 438 g/mol. The van der Waals surface area contributed by atoms with Crippen LogP contribution in [0.5, 0.6) is 5.75 Å². The first kappa shape index (κ1) is 14.2. The van der Waals surface area contributed by atoms with Gasteiger partial charge < -0.3 is 0 Å². The summed E-state index contributed by atoms with van der Waals surface area (Å²) in [5.74, 6) is 0.643. The van der Waals surface area contributed by atoms with E-state index in [9.17, 15) is 13.2 Å². The summed E-state index contributed by atoms with van der Waals surface area (Å²) < 4.78 is 42.3. The number of allylic oxidation sites excluding steroid dienone is 1. The molecule has 0 aromatic heterocycles. The van der Waals surface area contributed by atoms with Crippen molar-refractivity contribution < 1.29 is 17.9 Å². The number of rotatable bonds is 2. The van der Waals surface area contributed by atoms with Crippen molar-refractivity contribution in [1.82, 2.24) is 0 Å². The molecule has 0 saturated heterocycles. The van der Waals surface area contributed by atoms with Gasteiger partial charge in [-0.2, -0.15) is 0 Å². The van der Waals surface area contributed by atoms with Crippen LogP contribution in [0.1, 0.15) is 5.56 Å². The Morgan fingerprint density at radius 2 is 1.62 bits per heavy atom. The summed E-state index contributed by atoms with van der Waals surface area (Å²) in [4.78, 5) is 0. The summed E-state index contributed by atoms with van der Waals surface area (Å²) in [5, 5.41) is 0. The predicted octanol–water partition coefficient (Wildman–Crippen LogP) is 2.26. The van der Waals surface area contributed by atoms with Crippen LogP contribution in [0.15, 0.2) is 27.9 Å². The molecular formula is C10H7F3OSn2+2. The zero-order valence-electron chi connectivity index (χ0n) is 8.35. The number of benzene rings is 1. The van der Waals surface area contributed by atoms with Gasteiger partial charge in [0.25, 0.3) is 0 Å². The third-order valence-electron chi connectivity index (χ3n) is 1.91. The first-order chi connectivity index (χ1) is 7.36. The van der Waals surface area contributed by atoms with Gasteiger partial charge in [-0.15, -0.1) is 0 Å². The van der Waals surface area contributed by atoms with Gasteiger partial charge in [0.05, 0.1) is 0 Å². The van der Waals surface area contributed by atoms with E-state index in [1.807, 2.05) is 0 Å². The van der Waals surface area contributed by atoms with E-state index >= 15 is 0 Å². The van der Waals surface area contributed by atoms with Gasteiger partial charge in [0.15, 0.2) is 0 Å². The van der Waals surface area contributed by atoms with Crippen molar-refractivity contribution in [2.75, 3.05) is 7.11 Å². The first-order valence-electron chi connectivity index (χ1n) is 4.25. The zero-order valence-corrected chi connectivity index (χ0v) is 14.1. The second-order valence-electron chi connectivity index (χ2n) is 2.98. The second kappa shape index (κ2) is 5.66. The predicted molar refractivity (Wildman–Crippen MR) is 57.5 cm³/mol. The van der Waals surface area contributed by atoms with Gasteiger partial charge in [-0.25, -0.2) is 0 Å². The van der Waals surface area contributed by atoms with Crippen LogP contribution in [0, 0.1) is 0 Å². The molecule has 0 atom stereocenters. The molecule has 6 heteroatoms. The van der Waals surface area contributed by atoms with Gasteiger partial charge in [-0.05, 0) is 0 Å². The molecule has 0 aliphatic carbocycles. The maximum atomic E-state index is 12.5. The van der Waals surface area contributed by atoms with Crippen molar-refractivity contribution in [2.45, 2.75) is 6.18 Å². The van der Waals surface area contributed by atoms with E-state index in [4.69, 9.17) is 4.74 Å². The van der Waals surface area contributed by atoms with Crippen LogP contribution >= 0.6 is 0 Å². The third kappa shape index (κ3) is 3.58. The first-order valence-corrected chi connectivity index (χ1v) is 7.10. The Labute approximate surface area is 118 Å². The van der Waals surface area contributed by atoms with Gasteiger partial charge in [0, 0.05) is 0 Å². The van der Waals surface area contributed by atoms with Crippen LogP contribution in [-0.4, -0.2) is 58.3 Å². The Morgan fingerprint density at radius 1 is 1.12 bits per heavy atom. The van der Waals surface area contributed by atoms with E-state index in [-0.39, 0.29) is 0 Å². The molecule has 0 unspecified atom stereocenters. The second-order valence-corrected chi connectivity index (χ2v) is 5.83. The van der Waals surface area contributed by atoms with Gasteiger partial charge in [-0.1, -0.05) is 0 Å². The minimum absolute atomic E-state index is 0.362. The molecule has 0 saturated carbocycles. The molecule has 1 rings (SSSR count). The molecule has 1 aromatic rings. The number of ether oxygens (including phenoxy) is 1. The number of hydrogen-bond donors (Lipinski definition) is 0. The van der Waals surface area contributed by atoms with E-state index in [1.54, 1.807) is 24.3 Å². The zero-order chi connectivity index (χ0) is 12.3. The fraction of sp³-hybridized carbons (Fsp3) is 0.200. The topological polar surface area (TPSA) is 9.23 Å². The van der Waals surface area contributed by atoms with Crippen molar-refractivity contribution in [1.29, 1.82) is 0 Å². The molecule has 80 valence electrons. The third-order valence-corrected chi connectivity index (χ3v) is 7.01. The molecule has 0 amide bonds. The van der Waals surface area contributed by atoms with Crippen molar-refractivity contribution in [3.05, 3.63) is 33.4 Å². The Morgan fingerprint density at radius 3 is 2.00 bits per heavy atom. The van der Waals surface area contributed by atoms with Crippen LogP contribution in [0.2, 0.25) is 0 Å². The summed E-state index contributed by atoms with van der Waals surface area (Å²) in [7, 11) is 1.52. The fourth-order valence-corrected chi connectivity index (χ4v) is 2.34. The van der Waals surface area contributed by atoms with Gasteiger partial charge in [0.2, 0.25) is 0 Å². The average Bonchev–Trinajstić information content (AvgIpc) is 2.26. The monoisotopic (exact) mass is 440 g/mol. The maximum absolute atomic E-state index is 12.5. The standard InChI is InChI=1S/C10H7F3O.2Sn/c1-14-9-4-2-8(3-5-9)6-7-10(11,12)13;;/h2-5H,1H3;;/q;2*+1. The minimum atomic E-state index is -4.21. The molecule has 16 heavy (non-hydrogen) atoms. The van der Waals surface area contributed by atoms with Crippen LogP contribution in [-0.2, 0) is 0 Å². The summed E-state index contributed by atoms with van der Waals surface area (Å²) in [6.45, 7) is 0. The van der Waals surface area contributed by atoms with Crippen molar-refractivity contribution in [3.8, 4) is 5.75 Å². The number of hydrogen-bond acceptors (Lipinski definition) is 1.